The maximum atomic E-state index is 12.0. The predicted molar refractivity (Wildman–Crippen MR) is 63.7 cm³/mol. The van der Waals surface area contributed by atoms with Crippen LogP contribution < -0.4 is 14.8 Å². The molecule has 1 aromatic carbocycles. The van der Waals surface area contributed by atoms with Crippen LogP contribution in [0.5, 0.6) is 11.5 Å². The van der Waals surface area contributed by atoms with E-state index in [0.29, 0.717) is 22.2 Å². The largest absolute Gasteiger partial charge is 0.495 e. The Morgan fingerprint density at radius 2 is 1.78 bits per heavy atom. The third kappa shape index (κ3) is 4.18. The van der Waals surface area contributed by atoms with Crippen LogP contribution in [0.4, 0.5) is 18.9 Å². The minimum absolute atomic E-state index is 0.248. The van der Waals surface area contributed by atoms with Crippen molar-refractivity contribution in [3.63, 3.8) is 0 Å². The molecule has 0 saturated heterocycles. The van der Waals surface area contributed by atoms with Crippen molar-refractivity contribution in [1.29, 1.82) is 0 Å². The van der Waals surface area contributed by atoms with E-state index in [9.17, 15) is 13.2 Å². The Kier molecular flexibility index (Phi) is 4.95. The summed E-state index contributed by atoms with van der Waals surface area (Å²) in [5.74, 6) is 0.772. The molecule has 0 unspecified atom stereocenters. The number of alkyl halides is 3. The number of hydrogen-bond acceptors (Lipinski definition) is 3. The summed E-state index contributed by atoms with van der Waals surface area (Å²) in [6.45, 7) is -0.248. The van der Waals surface area contributed by atoms with Crippen LogP contribution >= 0.6 is 11.6 Å². The van der Waals surface area contributed by atoms with Gasteiger partial charge in [-0.15, -0.1) is 0 Å². The topological polar surface area (TPSA) is 30.5 Å². The zero-order valence-electron chi connectivity index (χ0n) is 9.90. The molecule has 0 heterocycles. The highest BCUT2D eigenvalue weighted by Crippen LogP contribution is 2.36. The number of hydrogen-bond donors (Lipinski definition) is 1. The third-order valence-corrected chi connectivity index (χ3v) is 2.49. The quantitative estimate of drug-likeness (QED) is 0.893. The van der Waals surface area contributed by atoms with E-state index in [1.54, 1.807) is 0 Å². The van der Waals surface area contributed by atoms with E-state index in [4.69, 9.17) is 21.1 Å². The lowest BCUT2D eigenvalue weighted by atomic mass is 10.2. The molecular weight excluding hydrogens is 271 g/mol. The van der Waals surface area contributed by atoms with Gasteiger partial charge in [0, 0.05) is 12.6 Å². The first-order chi connectivity index (χ1) is 8.37. The van der Waals surface area contributed by atoms with E-state index < -0.39 is 12.6 Å². The number of benzene rings is 1. The Bertz CT molecular complexity index is 410. The molecule has 0 atom stereocenters. The third-order valence-electron chi connectivity index (χ3n) is 2.20. The molecule has 0 saturated carbocycles. The van der Waals surface area contributed by atoms with E-state index in [0.717, 1.165) is 0 Å². The highest BCUT2D eigenvalue weighted by atomic mass is 35.5. The van der Waals surface area contributed by atoms with Crippen LogP contribution in [-0.4, -0.2) is 26.9 Å². The summed E-state index contributed by atoms with van der Waals surface area (Å²) in [6.07, 6.45) is -5.13. The Morgan fingerprint density at radius 3 is 2.28 bits per heavy atom. The average molecular weight is 284 g/mol. The zero-order valence-corrected chi connectivity index (χ0v) is 10.7. The van der Waals surface area contributed by atoms with Crippen LogP contribution in [0, 0.1) is 0 Å². The molecule has 0 aliphatic carbocycles. The number of anilines is 1. The van der Waals surface area contributed by atoms with Crippen LogP contribution in [0.15, 0.2) is 12.1 Å². The Morgan fingerprint density at radius 1 is 1.17 bits per heavy atom. The van der Waals surface area contributed by atoms with Crippen molar-refractivity contribution in [3.8, 4) is 11.5 Å². The zero-order chi connectivity index (χ0) is 13.8. The van der Waals surface area contributed by atoms with Gasteiger partial charge in [0.25, 0.3) is 0 Å². The van der Waals surface area contributed by atoms with Crippen LogP contribution in [0.25, 0.3) is 0 Å². The minimum atomic E-state index is -4.20. The number of nitrogens with one attached hydrogen (secondary N) is 1. The van der Waals surface area contributed by atoms with Gasteiger partial charge in [-0.1, -0.05) is 11.6 Å². The summed E-state index contributed by atoms with van der Waals surface area (Å²) < 4.78 is 46.1. The summed E-state index contributed by atoms with van der Waals surface area (Å²) in [7, 11) is 2.86. The normalized spacial score (nSPS) is 11.2. The van der Waals surface area contributed by atoms with E-state index in [-0.39, 0.29) is 6.54 Å². The second-order valence-electron chi connectivity index (χ2n) is 3.48. The monoisotopic (exact) mass is 283 g/mol. The van der Waals surface area contributed by atoms with Gasteiger partial charge in [0.1, 0.15) is 11.5 Å². The summed E-state index contributed by atoms with van der Waals surface area (Å²) in [4.78, 5) is 0. The molecule has 0 aromatic heterocycles. The van der Waals surface area contributed by atoms with Gasteiger partial charge in [-0.2, -0.15) is 13.2 Å². The van der Waals surface area contributed by atoms with Gasteiger partial charge in [0.2, 0.25) is 0 Å². The number of halogens is 4. The molecule has 0 aliphatic rings. The summed E-state index contributed by atoms with van der Waals surface area (Å²) in [5.41, 5.74) is 0.396. The SMILES string of the molecule is COc1cc(OC)c(NCCC(F)(F)F)cc1Cl. The second kappa shape index (κ2) is 6.04. The summed E-state index contributed by atoms with van der Waals surface area (Å²) in [5, 5.41) is 2.93. The van der Waals surface area contributed by atoms with Crippen molar-refractivity contribution in [2.45, 2.75) is 12.6 Å². The van der Waals surface area contributed by atoms with Crippen LogP contribution in [-0.2, 0) is 0 Å². The molecule has 1 aromatic rings. The molecule has 0 aliphatic heterocycles. The van der Waals surface area contributed by atoms with Crippen molar-refractivity contribution in [3.05, 3.63) is 17.2 Å². The van der Waals surface area contributed by atoms with Gasteiger partial charge in [-0.05, 0) is 6.07 Å². The molecule has 0 bridgehead atoms. The van der Waals surface area contributed by atoms with Crippen LogP contribution in [0.2, 0.25) is 5.02 Å². The van der Waals surface area contributed by atoms with E-state index in [2.05, 4.69) is 5.32 Å². The maximum Gasteiger partial charge on any atom is 0.390 e. The van der Waals surface area contributed by atoms with Crippen molar-refractivity contribution < 1.29 is 22.6 Å². The van der Waals surface area contributed by atoms with Crippen molar-refractivity contribution in [1.82, 2.24) is 0 Å². The van der Waals surface area contributed by atoms with E-state index >= 15 is 0 Å². The number of ether oxygens (including phenoxy) is 2. The Balaban J connectivity index is 2.79. The fraction of sp³-hybridized carbons (Fsp3) is 0.455. The molecule has 1 rings (SSSR count). The molecule has 1 N–H and O–H groups in total. The van der Waals surface area contributed by atoms with E-state index in [1.807, 2.05) is 0 Å². The Labute approximate surface area is 108 Å². The fourth-order valence-electron chi connectivity index (χ4n) is 1.34. The highest BCUT2D eigenvalue weighted by Gasteiger charge is 2.26. The van der Waals surface area contributed by atoms with Crippen LogP contribution in [0.1, 0.15) is 6.42 Å². The molecular formula is C11H13ClF3NO2. The number of methoxy groups -OCH3 is 2. The van der Waals surface area contributed by atoms with Gasteiger partial charge in [0.05, 0.1) is 31.4 Å². The van der Waals surface area contributed by atoms with Gasteiger partial charge >= 0.3 is 6.18 Å². The first-order valence-corrected chi connectivity index (χ1v) is 5.47. The van der Waals surface area contributed by atoms with E-state index in [1.165, 1.54) is 26.4 Å². The lowest BCUT2D eigenvalue weighted by molar-refractivity contribution is -0.131. The Hall–Kier alpha value is -1.30. The second-order valence-corrected chi connectivity index (χ2v) is 3.89. The minimum Gasteiger partial charge on any atom is -0.495 e. The number of rotatable bonds is 5. The molecule has 0 fully saturated rings. The molecule has 7 heteroatoms. The lowest BCUT2D eigenvalue weighted by Crippen LogP contribution is -2.15. The van der Waals surface area contributed by atoms with Gasteiger partial charge < -0.3 is 14.8 Å². The van der Waals surface area contributed by atoms with Crippen molar-refractivity contribution >= 4 is 17.3 Å². The fourth-order valence-corrected chi connectivity index (χ4v) is 1.58. The standard InChI is InChI=1S/C11H13ClF3NO2/c1-17-9-6-10(18-2)8(5-7(9)12)16-4-3-11(13,14)15/h5-6,16H,3-4H2,1-2H3. The summed E-state index contributed by atoms with van der Waals surface area (Å²) in [6, 6.07) is 2.98. The molecule has 0 radical (unpaired) electrons. The smallest absolute Gasteiger partial charge is 0.390 e. The van der Waals surface area contributed by atoms with Crippen molar-refractivity contribution in [2.24, 2.45) is 0 Å². The van der Waals surface area contributed by atoms with Gasteiger partial charge in [-0.3, -0.25) is 0 Å². The molecule has 18 heavy (non-hydrogen) atoms. The molecule has 0 spiro atoms. The average Bonchev–Trinajstić information content (AvgIpc) is 2.27. The van der Waals surface area contributed by atoms with Gasteiger partial charge in [0.15, 0.2) is 0 Å². The molecule has 3 nitrogen and oxygen atoms in total. The summed E-state index contributed by atoms with van der Waals surface area (Å²) >= 11 is 5.88. The maximum absolute atomic E-state index is 12.0. The molecule has 102 valence electrons. The molecule has 0 amide bonds. The van der Waals surface area contributed by atoms with Gasteiger partial charge in [-0.25, -0.2) is 0 Å². The first kappa shape index (κ1) is 14.8. The van der Waals surface area contributed by atoms with Crippen molar-refractivity contribution in [2.75, 3.05) is 26.1 Å². The predicted octanol–water partition coefficient (Wildman–Crippen LogP) is 3.72. The lowest BCUT2D eigenvalue weighted by Gasteiger charge is -2.14. The van der Waals surface area contributed by atoms with Crippen LogP contribution in [0.3, 0.4) is 0 Å². The highest BCUT2D eigenvalue weighted by molar-refractivity contribution is 6.32. The first-order valence-electron chi connectivity index (χ1n) is 5.09.